The van der Waals surface area contributed by atoms with Crippen molar-refractivity contribution in [1.82, 2.24) is 15.6 Å². The van der Waals surface area contributed by atoms with Crippen molar-refractivity contribution < 1.29 is 9.59 Å². The molecule has 1 fully saturated rings. The molecule has 1 aromatic heterocycles. The molecule has 0 bridgehead atoms. The molecule has 1 aliphatic heterocycles. The van der Waals surface area contributed by atoms with E-state index in [1.807, 2.05) is 0 Å². The van der Waals surface area contributed by atoms with Crippen molar-refractivity contribution in [3.8, 4) is 0 Å². The predicted molar refractivity (Wildman–Crippen MR) is 65.6 cm³/mol. The van der Waals surface area contributed by atoms with Gasteiger partial charge in [0.2, 0.25) is 5.91 Å². The third-order valence-electron chi connectivity index (χ3n) is 2.89. The number of nitrogens with zero attached hydrogens (tertiary/aromatic N) is 1. The van der Waals surface area contributed by atoms with Gasteiger partial charge in [-0.15, -0.1) is 0 Å². The molecule has 0 saturated carbocycles. The minimum Gasteiger partial charge on any atom is -0.352 e. The smallest absolute Gasteiger partial charge is 0.269 e. The second-order valence-electron chi connectivity index (χ2n) is 4.27. The number of hydrogen-bond acceptors (Lipinski definition) is 4. The van der Waals surface area contributed by atoms with E-state index in [0.717, 1.165) is 12.0 Å². The molecule has 6 nitrogen and oxygen atoms in total. The Hall–Kier alpha value is -1.95. The van der Waals surface area contributed by atoms with Gasteiger partial charge in [0.15, 0.2) is 0 Å². The summed E-state index contributed by atoms with van der Waals surface area (Å²) in [5, 5.41) is 5.54. The Morgan fingerprint density at radius 3 is 2.94 bits per heavy atom. The van der Waals surface area contributed by atoms with Crippen molar-refractivity contribution in [3.63, 3.8) is 0 Å². The number of pyridine rings is 1. The molecule has 1 atom stereocenters. The van der Waals surface area contributed by atoms with Crippen LogP contribution in [0.4, 0.5) is 0 Å². The quantitative estimate of drug-likeness (QED) is 0.672. The molecule has 1 unspecified atom stereocenters. The van der Waals surface area contributed by atoms with Crippen molar-refractivity contribution in [3.05, 3.63) is 29.6 Å². The van der Waals surface area contributed by atoms with Crippen LogP contribution in [0.2, 0.25) is 0 Å². The maximum atomic E-state index is 11.8. The minimum atomic E-state index is -0.236. The number of nitrogens with one attached hydrogen (secondary N) is 2. The maximum absolute atomic E-state index is 11.8. The van der Waals surface area contributed by atoms with Crippen molar-refractivity contribution in [2.24, 2.45) is 5.73 Å². The summed E-state index contributed by atoms with van der Waals surface area (Å²) in [6, 6.07) is 3.45. The third kappa shape index (κ3) is 3.04. The Morgan fingerprint density at radius 2 is 2.39 bits per heavy atom. The number of aromatic nitrogens is 1. The number of carbonyl (C=O) groups excluding carboxylic acids is 2. The minimum absolute atomic E-state index is 0.0322. The molecule has 0 spiro atoms. The van der Waals surface area contributed by atoms with E-state index in [1.165, 1.54) is 0 Å². The summed E-state index contributed by atoms with van der Waals surface area (Å²) >= 11 is 0. The van der Waals surface area contributed by atoms with Crippen molar-refractivity contribution in [1.29, 1.82) is 0 Å². The summed E-state index contributed by atoms with van der Waals surface area (Å²) in [4.78, 5) is 26.8. The van der Waals surface area contributed by atoms with E-state index in [2.05, 4.69) is 15.6 Å². The first kappa shape index (κ1) is 12.5. The van der Waals surface area contributed by atoms with Gasteiger partial charge >= 0.3 is 0 Å². The van der Waals surface area contributed by atoms with Crippen molar-refractivity contribution in [2.75, 3.05) is 6.54 Å². The van der Waals surface area contributed by atoms with Crippen LogP contribution in [0.3, 0.4) is 0 Å². The molecular formula is C12H16N4O2. The van der Waals surface area contributed by atoms with E-state index in [4.69, 9.17) is 5.73 Å². The molecule has 1 aliphatic rings. The van der Waals surface area contributed by atoms with Crippen LogP contribution in [-0.4, -0.2) is 29.4 Å². The van der Waals surface area contributed by atoms with Crippen LogP contribution in [-0.2, 0) is 11.3 Å². The second-order valence-corrected chi connectivity index (χ2v) is 4.27. The Bertz CT molecular complexity index is 444. The van der Waals surface area contributed by atoms with E-state index in [-0.39, 0.29) is 17.9 Å². The Kier molecular flexibility index (Phi) is 3.88. The summed E-state index contributed by atoms with van der Waals surface area (Å²) < 4.78 is 0. The van der Waals surface area contributed by atoms with Gasteiger partial charge in [0, 0.05) is 31.7 Å². The zero-order valence-electron chi connectivity index (χ0n) is 9.98. The number of nitrogens with two attached hydrogens (primary N) is 1. The molecule has 2 amide bonds. The normalized spacial score (nSPS) is 18.5. The molecule has 96 valence electrons. The lowest BCUT2D eigenvalue weighted by Gasteiger charge is -2.10. The van der Waals surface area contributed by atoms with Crippen LogP contribution in [0.1, 0.15) is 28.9 Å². The second kappa shape index (κ2) is 5.59. The lowest BCUT2D eigenvalue weighted by Crippen LogP contribution is -2.38. The average molecular weight is 248 g/mol. The van der Waals surface area contributed by atoms with E-state index in [1.54, 1.807) is 18.3 Å². The average Bonchev–Trinajstić information content (AvgIpc) is 2.82. The first-order valence-electron chi connectivity index (χ1n) is 5.91. The fourth-order valence-corrected chi connectivity index (χ4v) is 1.82. The lowest BCUT2D eigenvalue weighted by atomic mass is 10.2. The third-order valence-corrected chi connectivity index (χ3v) is 2.89. The summed E-state index contributed by atoms with van der Waals surface area (Å²) in [6.07, 6.45) is 2.88. The van der Waals surface area contributed by atoms with E-state index >= 15 is 0 Å². The number of hydrogen-bond donors (Lipinski definition) is 3. The molecule has 2 rings (SSSR count). The van der Waals surface area contributed by atoms with Gasteiger partial charge in [-0.3, -0.25) is 14.6 Å². The molecule has 0 aliphatic carbocycles. The van der Waals surface area contributed by atoms with Crippen LogP contribution in [0, 0.1) is 0 Å². The van der Waals surface area contributed by atoms with Crippen LogP contribution in [0.5, 0.6) is 0 Å². The van der Waals surface area contributed by atoms with Gasteiger partial charge in [-0.05, 0) is 18.1 Å². The number of rotatable bonds is 4. The molecule has 4 N–H and O–H groups in total. The number of amides is 2. The van der Waals surface area contributed by atoms with Crippen LogP contribution >= 0.6 is 0 Å². The molecule has 0 radical (unpaired) electrons. The number of carbonyl (C=O) groups is 2. The van der Waals surface area contributed by atoms with E-state index in [0.29, 0.717) is 25.2 Å². The van der Waals surface area contributed by atoms with Gasteiger partial charge in [-0.1, -0.05) is 6.07 Å². The van der Waals surface area contributed by atoms with Crippen LogP contribution in [0.15, 0.2) is 18.3 Å². The van der Waals surface area contributed by atoms with Gasteiger partial charge in [-0.2, -0.15) is 0 Å². The van der Waals surface area contributed by atoms with Gasteiger partial charge in [0.1, 0.15) is 5.69 Å². The summed E-state index contributed by atoms with van der Waals surface area (Å²) in [6.45, 7) is 0.841. The summed E-state index contributed by atoms with van der Waals surface area (Å²) in [5.74, 6) is -0.195. The van der Waals surface area contributed by atoms with Gasteiger partial charge < -0.3 is 16.4 Å². The first-order valence-corrected chi connectivity index (χ1v) is 5.91. The highest BCUT2D eigenvalue weighted by molar-refractivity contribution is 5.92. The highest BCUT2D eigenvalue weighted by Gasteiger charge is 2.21. The van der Waals surface area contributed by atoms with Crippen molar-refractivity contribution >= 4 is 11.8 Å². The Balaban J connectivity index is 1.85. The topological polar surface area (TPSA) is 97.1 Å². The highest BCUT2D eigenvalue weighted by atomic mass is 16.2. The Morgan fingerprint density at radius 1 is 1.56 bits per heavy atom. The fraction of sp³-hybridized carbons (Fsp3) is 0.417. The summed E-state index contributed by atoms with van der Waals surface area (Å²) in [5.41, 5.74) is 6.69. The van der Waals surface area contributed by atoms with Gasteiger partial charge in [0.25, 0.3) is 5.91 Å². The molecule has 18 heavy (non-hydrogen) atoms. The molecule has 1 aromatic rings. The maximum Gasteiger partial charge on any atom is 0.269 e. The van der Waals surface area contributed by atoms with Crippen LogP contribution in [0.25, 0.3) is 0 Å². The van der Waals surface area contributed by atoms with Gasteiger partial charge in [0.05, 0.1) is 0 Å². The molecule has 2 heterocycles. The highest BCUT2D eigenvalue weighted by Crippen LogP contribution is 2.05. The zero-order valence-corrected chi connectivity index (χ0v) is 9.98. The van der Waals surface area contributed by atoms with Crippen LogP contribution < -0.4 is 16.4 Å². The summed E-state index contributed by atoms with van der Waals surface area (Å²) in [7, 11) is 0. The molecule has 1 saturated heterocycles. The van der Waals surface area contributed by atoms with Crippen molar-refractivity contribution in [2.45, 2.75) is 25.4 Å². The molecule has 6 heteroatoms. The zero-order chi connectivity index (χ0) is 13.0. The monoisotopic (exact) mass is 248 g/mol. The Labute approximate surface area is 105 Å². The van der Waals surface area contributed by atoms with E-state index < -0.39 is 0 Å². The van der Waals surface area contributed by atoms with E-state index in [9.17, 15) is 9.59 Å². The SMILES string of the molecule is NCc1ccc(C(=O)NCC2CCC(=O)N2)nc1. The first-order chi connectivity index (χ1) is 8.69. The molecule has 0 aromatic carbocycles. The lowest BCUT2D eigenvalue weighted by molar-refractivity contribution is -0.119. The predicted octanol–water partition coefficient (Wildman–Crippen LogP) is -0.451. The fourth-order valence-electron chi connectivity index (χ4n) is 1.82. The molecular weight excluding hydrogens is 232 g/mol. The largest absolute Gasteiger partial charge is 0.352 e. The standard InChI is InChI=1S/C12H16N4O2/c13-5-8-1-3-10(14-6-8)12(18)15-7-9-2-4-11(17)16-9/h1,3,6,9H,2,4-5,7,13H2,(H,15,18)(H,16,17). The van der Waals surface area contributed by atoms with Gasteiger partial charge in [-0.25, -0.2) is 0 Å².